The van der Waals surface area contributed by atoms with E-state index in [-0.39, 0.29) is 25.5 Å². The molecule has 0 heterocycles. The predicted octanol–water partition coefficient (Wildman–Crippen LogP) is 0.287. The summed E-state index contributed by atoms with van der Waals surface area (Å²) < 4.78 is 13.4. The van der Waals surface area contributed by atoms with Crippen LogP contribution in [0.3, 0.4) is 0 Å². The molecule has 0 aliphatic rings. The number of rotatable bonds is 6. The third-order valence-corrected chi connectivity index (χ3v) is 1.25. The van der Waals surface area contributed by atoms with Crippen molar-refractivity contribution in [2.24, 2.45) is 0 Å². The van der Waals surface area contributed by atoms with Gasteiger partial charge >= 0.3 is 12.1 Å². The fraction of sp³-hybridized carbons (Fsp3) is 0.444. The Bertz CT molecular complexity index is 308. The highest BCUT2D eigenvalue weighted by atomic mass is 16.6. The summed E-state index contributed by atoms with van der Waals surface area (Å²) in [4.78, 5) is 21.7. The first-order valence-electron chi connectivity index (χ1n) is 4.32. The summed E-state index contributed by atoms with van der Waals surface area (Å²) in [5.74, 6) is -0.545. The maximum Gasteiger partial charge on any atom is 0.409 e. The second-order valence-corrected chi connectivity index (χ2v) is 2.61. The molecule has 88 valence electrons. The Kier molecular flexibility index (Phi) is 6.98. The molecular weight excluding hydrogens is 216 g/mol. The van der Waals surface area contributed by atoms with Crippen LogP contribution in [0.1, 0.15) is 6.92 Å². The van der Waals surface area contributed by atoms with E-state index >= 15 is 0 Å². The fourth-order valence-corrected chi connectivity index (χ4v) is 0.570. The van der Waals surface area contributed by atoms with E-state index in [1.54, 1.807) is 0 Å². The number of esters is 1. The number of nitrogens with zero attached hydrogens (tertiary/aromatic N) is 1. The van der Waals surface area contributed by atoms with Crippen LogP contribution in [0.15, 0.2) is 12.2 Å². The molecule has 0 saturated heterocycles. The van der Waals surface area contributed by atoms with Crippen LogP contribution in [-0.2, 0) is 19.0 Å². The van der Waals surface area contributed by atoms with Crippen molar-refractivity contribution in [3.05, 3.63) is 12.2 Å². The lowest BCUT2D eigenvalue weighted by atomic mass is 10.4. The van der Waals surface area contributed by atoms with E-state index in [1.165, 1.54) is 13.2 Å². The van der Waals surface area contributed by atoms with Crippen LogP contribution in [0.2, 0.25) is 0 Å². The van der Waals surface area contributed by atoms with Gasteiger partial charge in [-0.15, -0.1) is 0 Å². The number of amides is 1. The standard InChI is InChI=1S/C9H12N2O5/c1-7(2)8(12)15-3-4-16-9(13)11-6-14-5-10/h1,3-4,6H2,2H3,(H,11,13). The normalized spacial score (nSPS) is 8.50. The summed E-state index contributed by atoms with van der Waals surface area (Å²) in [5, 5.41) is 10.1. The van der Waals surface area contributed by atoms with Gasteiger partial charge in [0.15, 0.2) is 6.73 Å². The van der Waals surface area contributed by atoms with Crippen molar-refractivity contribution in [1.82, 2.24) is 5.32 Å². The van der Waals surface area contributed by atoms with Crippen LogP contribution in [0.4, 0.5) is 4.79 Å². The lowest BCUT2D eigenvalue weighted by Crippen LogP contribution is -2.27. The van der Waals surface area contributed by atoms with E-state index in [1.807, 2.05) is 0 Å². The Morgan fingerprint density at radius 1 is 1.38 bits per heavy atom. The van der Waals surface area contributed by atoms with E-state index in [2.05, 4.69) is 26.1 Å². The lowest BCUT2D eigenvalue weighted by molar-refractivity contribution is -0.139. The number of carbonyl (C=O) groups is 2. The molecule has 0 saturated carbocycles. The number of carbonyl (C=O) groups excluding carboxylic acids is 2. The highest BCUT2D eigenvalue weighted by Crippen LogP contribution is 1.91. The van der Waals surface area contributed by atoms with Gasteiger partial charge in [-0.25, -0.2) is 9.59 Å². The van der Waals surface area contributed by atoms with Gasteiger partial charge in [0, 0.05) is 5.57 Å². The Hall–Kier alpha value is -2.23. The maximum atomic E-state index is 10.9. The molecular formula is C9H12N2O5. The minimum atomic E-state index is -0.762. The molecule has 7 heteroatoms. The monoisotopic (exact) mass is 228 g/mol. The van der Waals surface area contributed by atoms with Gasteiger partial charge in [-0.2, -0.15) is 5.26 Å². The van der Waals surface area contributed by atoms with Gasteiger partial charge in [-0.05, 0) is 6.92 Å². The smallest absolute Gasteiger partial charge is 0.409 e. The largest absolute Gasteiger partial charge is 0.459 e. The third-order valence-electron chi connectivity index (χ3n) is 1.25. The van der Waals surface area contributed by atoms with Crippen LogP contribution >= 0.6 is 0 Å². The first-order valence-corrected chi connectivity index (χ1v) is 4.32. The molecule has 16 heavy (non-hydrogen) atoms. The summed E-state index contributed by atoms with van der Waals surface area (Å²) >= 11 is 0. The molecule has 0 aromatic rings. The Morgan fingerprint density at radius 2 is 2.00 bits per heavy atom. The van der Waals surface area contributed by atoms with Crippen molar-refractivity contribution >= 4 is 12.1 Å². The van der Waals surface area contributed by atoms with E-state index in [4.69, 9.17) is 5.26 Å². The molecule has 0 aliphatic heterocycles. The maximum absolute atomic E-state index is 10.9. The molecule has 0 atom stereocenters. The summed E-state index contributed by atoms with van der Waals surface area (Å²) in [5.41, 5.74) is 0.270. The average molecular weight is 228 g/mol. The van der Waals surface area contributed by atoms with Crippen LogP contribution in [0.25, 0.3) is 0 Å². The summed E-state index contributed by atoms with van der Waals surface area (Å²) in [7, 11) is 0. The SMILES string of the molecule is C=C(C)C(=O)OCCOC(=O)NCOC#N. The van der Waals surface area contributed by atoms with Crippen molar-refractivity contribution in [2.45, 2.75) is 6.92 Å². The van der Waals surface area contributed by atoms with E-state index < -0.39 is 12.1 Å². The van der Waals surface area contributed by atoms with Crippen LogP contribution in [0, 0.1) is 11.5 Å². The number of hydrogen-bond acceptors (Lipinski definition) is 6. The molecule has 0 rings (SSSR count). The van der Waals surface area contributed by atoms with Gasteiger partial charge in [0.2, 0.25) is 0 Å². The summed E-state index contributed by atoms with van der Waals surface area (Å²) in [6.45, 7) is 4.48. The predicted molar refractivity (Wildman–Crippen MR) is 51.8 cm³/mol. The zero-order valence-electron chi connectivity index (χ0n) is 8.82. The molecule has 7 nitrogen and oxygen atoms in total. The van der Waals surface area contributed by atoms with E-state index in [9.17, 15) is 9.59 Å². The second kappa shape index (κ2) is 8.11. The first kappa shape index (κ1) is 13.8. The molecule has 1 amide bonds. The number of ether oxygens (including phenoxy) is 3. The lowest BCUT2D eigenvalue weighted by Gasteiger charge is -2.06. The molecule has 0 spiro atoms. The molecule has 0 aromatic heterocycles. The average Bonchev–Trinajstić information content (AvgIpc) is 2.24. The van der Waals surface area contributed by atoms with Crippen LogP contribution < -0.4 is 5.32 Å². The third kappa shape index (κ3) is 7.20. The molecule has 0 unspecified atom stereocenters. The molecule has 0 aliphatic carbocycles. The Balaban J connectivity index is 3.45. The zero-order chi connectivity index (χ0) is 12.4. The van der Waals surface area contributed by atoms with Crippen molar-refractivity contribution in [3.63, 3.8) is 0 Å². The van der Waals surface area contributed by atoms with Gasteiger partial charge in [0.05, 0.1) is 0 Å². The van der Waals surface area contributed by atoms with Gasteiger partial charge in [0.25, 0.3) is 6.26 Å². The van der Waals surface area contributed by atoms with Gasteiger partial charge in [-0.3, -0.25) is 5.32 Å². The fourth-order valence-electron chi connectivity index (χ4n) is 0.570. The number of nitriles is 1. The van der Waals surface area contributed by atoms with E-state index in [0.29, 0.717) is 0 Å². The number of hydrogen-bond donors (Lipinski definition) is 1. The van der Waals surface area contributed by atoms with E-state index in [0.717, 1.165) is 0 Å². The van der Waals surface area contributed by atoms with Gasteiger partial charge < -0.3 is 14.2 Å². The molecule has 0 radical (unpaired) electrons. The quantitative estimate of drug-likeness (QED) is 0.230. The Morgan fingerprint density at radius 3 is 2.56 bits per heavy atom. The van der Waals surface area contributed by atoms with Gasteiger partial charge in [0.1, 0.15) is 13.2 Å². The first-order chi connectivity index (χ1) is 7.57. The highest BCUT2D eigenvalue weighted by molar-refractivity contribution is 5.86. The van der Waals surface area contributed by atoms with Crippen molar-refractivity contribution in [3.8, 4) is 6.26 Å². The molecule has 0 fully saturated rings. The van der Waals surface area contributed by atoms with Gasteiger partial charge in [-0.1, -0.05) is 6.58 Å². The zero-order valence-corrected chi connectivity index (χ0v) is 8.82. The van der Waals surface area contributed by atoms with Crippen molar-refractivity contribution in [2.75, 3.05) is 19.9 Å². The Labute approximate surface area is 92.6 Å². The minimum Gasteiger partial charge on any atom is -0.459 e. The molecule has 0 aromatic carbocycles. The van der Waals surface area contributed by atoms with Crippen molar-refractivity contribution in [1.29, 1.82) is 5.26 Å². The molecule has 1 N–H and O–H groups in total. The summed E-state index contributed by atoms with van der Waals surface area (Å²) in [6.07, 6.45) is 0.606. The topological polar surface area (TPSA) is 97.7 Å². The van der Waals surface area contributed by atoms with Crippen LogP contribution in [-0.4, -0.2) is 32.0 Å². The number of alkyl carbamates (subject to hydrolysis) is 1. The minimum absolute atomic E-state index is 0.0573. The second-order valence-electron chi connectivity index (χ2n) is 2.61. The summed E-state index contributed by atoms with van der Waals surface area (Å²) in [6, 6.07) is 0. The van der Waals surface area contributed by atoms with Crippen LogP contribution in [0.5, 0.6) is 0 Å². The highest BCUT2D eigenvalue weighted by Gasteiger charge is 2.04. The van der Waals surface area contributed by atoms with Crippen molar-refractivity contribution < 1.29 is 23.8 Å². The number of nitrogens with one attached hydrogen (secondary N) is 1. The molecule has 0 bridgehead atoms.